The Morgan fingerprint density at radius 1 is 1.00 bits per heavy atom. The van der Waals surface area contributed by atoms with Crippen LogP contribution >= 0.6 is 11.6 Å². The number of nitrogens with zero attached hydrogens (tertiary/aromatic N) is 4. The average molecular weight is 459 g/mol. The molecular weight excluding hydrogens is 436 g/mol. The minimum Gasteiger partial charge on any atom is -0.336 e. The van der Waals surface area contributed by atoms with Gasteiger partial charge < -0.3 is 4.90 Å². The lowest BCUT2D eigenvalue weighted by molar-refractivity contribution is 0.0699. The second-order valence-electron chi connectivity index (χ2n) is 7.54. The number of benzene rings is 2. The Balaban J connectivity index is 1.63. The molecule has 0 bridgehead atoms. The lowest BCUT2D eigenvalue weighted by Crippen LogP contribution is -2.50. The highest BCUT2D eigenvalue weighted by Crippen LogP contribution is 2.26. The fraction of sp³-hybridized carbons (Fsp3) is 0.273. The number of amides is 1. The molecule has 0 atom stereocenters. The molecule has 0 radical (unpaired) electrons. The number of carbonyl (C=O) groups is 1. The van der Waals surface area contributed by atoms with E-state index in [1.807, 2.05) is 42.5 Å². The molecular formula is C22H23ClN4O3S. The maximum atomic E-state index is 13.4. The Bertz CT molecular complexity index is 1170. The second-order valence-corrected chi connectivity index (χ2v) is 9.95. The van der Waals surface area contributed by atoms with Crippen molar-refractivity contribution in [3.63, 3.8) is 0 Å². The van der Waals surface area contributed by atoms with E-state index in [-0.39, 0.29) is 5.91 Å². The van der Waals surface area contributed by atoms with Gasteiger partial charge in [0.2, 0.25) is 10.0 Å². The van der Waals surface area contributed by atoms with Crippen LogP contribution in [0.5, 0.6) is 0 Å². The zero-order chi connectivity index (χ0) is 22.0. The number of halogens is 1. The Labute approximate surface area is 186 Å². The first-order valence-electron chi connectivity index (χ1n) is 9.93. The second kappa shape index (κ2) is 8.82. The minimum absolute atomic E-state index is 0.155. The van der Waals surface area contributed by atoms with E-state index in [1.54, 1.807) is 27.9 Å². The predicted octanol–water partition coefficient (Wildman–Crippen LogP) is 2.97. The summed E-state index contributed by atoms with van der Waals surface area (Å²) >= 11 is 6.03. The summed E-state index contributed by atoms with van der Waals surface area (Å²) in [6.45, 7) is 1.81. The standard InChI is InChI=1S/C22H23ClN4O3S/c1-31(29,30)27-13-11-25(12-14-27)22(28)20-16-26(15-17-5-3-2-4-6-17)24-21(20)18-7-9-19(23)10-8-18/h2-10,16H,11-15H2,1H3. The van der Waals surface area contributed by atoms with E-state index >= 15 is 0 Å². The third-order valence-corrected chi connectivity index (χ3v) is 6.85. The Kier molecular flexibility index (Phi) is 6.13. The van der Waals surface area contributed by atoms with Crippen molar-refractivity contribution in [3.8, 4) is 11.3 Å². The van der Waals surface area contributed by atoms with Crippen LogP contribution in [0.15, 0.2) is 60.8 Å². The molecule has 9 heteroatoms. The van der Waals surface area contributed by atoms with E-state index in [2.05, 4.69) is 0 Å². The van der Waals surface area contributed by atoms with Gasteiger partial charge in [-0.05, 0) is 17.7 Å². The van der Waals surface area contributed by atoms with Crippen molar-refractivity contribution in [2.24, 2.45) is 0 Å². The van der Waals surface area contributed by atoms with Crippen molar-refractivity contribution in [1.82, 2.24) is 19.0 Å². The average Bonchev–Trinajstić information content (AvgIpc) is 3.17. The summed E-state index contributed by atoms with van der Waals surface area (Å²) in [6, 6.07) is 17.1. The SMILES string of the molecule is CS(=O)(=O)N1CCN(C(=O)c2cn(Cc3ccccc3)nc2-c2ccc(Cl)cc2)CC1. The molecule has 1 amide bonds. The summed E-state index contributed by atoms with van der Waals surface area (Å²) in [5.41, 5.74) is 2.96. The van der Waals surface area contributed by atoms with Crippen molar-refractivity contribution in [2.45, 2.75) is 6.54 Å². The van der Waals surface area contributed by atoms with Crippen LogP contribution in [0.1, 0.15) is 15.9 Å². The van der Waals surface area contributed by atoms with E-state index in [9.17, 15) is 13.2 Å². The molecule has 1 fully saturated rings. The lowest BCUT2D eigenvalue weighted by Gasteiger charge is -2.33. The van der Waals surface area contributed by atoms with Gasteiger partial charge in [-0.25, -0.2) is 8.42 Å². The smallest absolute Gasteiger partial charge is 0.257 e. The number of aromatic nitrogens is 2. The molecule has 0 N–H and O–H groups in total. The van der Waals surface area contributed by atoms with Crippen molar-refractivity contribution in [1.29, 1.82) is 0 Å². The molecule has 2 aromatic carbocycles. The van der Waals surface area contributed by atoms with Gasteiger partial charge in [0.1, 0.15) is 5.69 Å². The van der Waals surface area contributed by atoms with Gasteiger partial charge in [-0.3, -0.25) is 9.48 Å². The molecule has 1 aromatic heterocycles. The van der Waals surface area contributed by atoms with E-state index in [0.29, 0.717) is 49.0 Å². The summed E-state index contributed by atoms with van der Waals surface area (Å²) in [4.78, 5) is 15.0. The summed E-state index contributed by atoms with van der Waals surface area (Å²) < 4.78 is 26.7. The van der Waals surface area contributed by atoms with Crippen LogP contribution in [0.3, 0.4) is 0 Å². The first-order valence-corrected chi connectivity index (χ1v) is 12.2. The fourth-order valence-electron chi connectivity index (χ4n) is 3.64. The van der Waals surface area contributed by atoms with Gasteiger partial charge in [-0.15, -0.1) is 0 Å². The third-order valence-electron chi connectivity index (χ3n) is 5.29. The van der Waals surface area contributed by atoms with Gasteiger partial charge in [-0.1, -0.05) is 54.1 Å². The van der Waals surface area contributed by atoms with E-state index in [0.717, 1.165) is 11.1 Å². The van der Waals surface area contributed by atoms with Crippen LogP contribution < -0.4 is 0 Å². The molecule has 1 saturated heterocycles. The summed E-state index contributed by atoms with van der Waals surface area (Å²) in [6.07, 6.45) is 2.96. The maximum absolute atomic E-state index is 13.4. The number of hydrogen-bond acceptors (Lipinski definition) is 4. The zero-order valence-electron chi connectivity index (χ0n) is 17.1. The highest BCUT2D eigenvalue weighted by molar-refractivity contribution is 7.88. The normalized spacial score (nSPS) is 15.2. The molecule has 31 heavy (non-hydrogen) atoms. The number of sulfonamides is 1. The largest absolute Gasteiger partial charge is 0.336 e. The molecule has 3 aromatic rings. The number of hydrogen-bond donors (Lipinski definition) is 0. The molecule has 4 rings (SSSR count). The number of carbonyl (C=O) groups excluding carboxylic acids is 1. The van der Waals surface area contributed by atoms with Gasteiger partial charge >= 0.3 is 0 Å². The highest BCUT2D eigenvalue weighted by Gasteiger charge is 2.29. The van der Waals surface area contributed by atoms with Crippen LogP contribution in [-0.4, -0.2) is 65.7 Å². The van der Waals surface area contributed by atoms with Gasteiger partial charge in [0.05, 0.1) is 18.4 Å². The van der Waals surface area contributed by atoms with Crippen LogP contribution in [0.4, 0.5) is 0 Å². The highest BCUT2D eigenvalue weighted by atomic mass is 35.5. The topological polar surface area (TPSA) is 75.5 Å². The summed E-state index contributed by atoms with van der Waals surface area (Å²) in [5, 5.41) is 5.30. The van der Waals surface area contributed by atoms with Gasteiger partial charge in [-0.2, -0.15) is 9.40 Å². The number of piperazine rings is 1. The quantitative estimate of drug-likeness (QED) is 0.589. The Hall–Kier alpha value is -2.68. The first kappa shape index (κ1) is 21.5. The van der Waals surface area contributed by atoms with Crippen molar-refractivity contribution in [3.05, 3.63) is 76.9 Å². The van der Waals surface area contributed by atoms with Crippen molar-refractivity contribution >= 4 is 27.5 Å². The van der Waals surface area contributed by atoms with Gasteiger partial charge in [0.25, 0.3) is 5.91 Å². The van der Waals surface area contributed by atoms with Crippen LogP contribution in [0.2, 0.25) is 5.02 Å². The summed E-state index contributed by atoms with van der Waals surface area (Å²) in [7, 11) is -3.26. The molecule has 1 aliphatic rings. The van der Waals surface area contributed by atoms with E-state index in [1.165, 1.54) is 10.6 Å². The third kappa shape index (κ3) is 4.98. The van der Waals surface area contributed by atoms with Crippen LogP contribution in [-0.2, 0) is 16.6 Å². The van der Waals surface area contributed by atoms with Crippen LogP contribution in [0.25, 0.3) is 11.3 Å². The lowest BCUT2D eigenvalue weighted by atomic mass is 10.1. The molecule has 0 unspecified atom stereocenters. The van der Waals surface area contributed by atoms with Crippen molar-refractivity contribution in [2.75, 3.05) is 32.4 Å². The molecule has 1 aliphatic heterocycles. The van der Waals surface area contributed by atoms with Crippen LogP contribution in [0, 0.1) is 0 Å². The fourth-order valence-corrected chi connectivity index (χ4v) is 4.60. The molecule has 162 valence electrons. The van der Waals surface area contributed by atoms with E-state index < -0.39 is 10.0 Å². The molecule has 7 nitrogen and oxygen atoms in total. The molecule has 0 aliphatic carbocycles. The van der Waals surface area contributed by atoms with Gasteiger partial charge in [0, 0.05) is 43.0 Å². The summed E-state index contributed by atoms with van der Waals surface area (Å²) in [5.74, 6) is -0.155. The number of rotatable bonds is 5. The van der Waals surface area contributed by atoms with Crippen molar-refractivity contribution < 1.29 is 13.2 Å². The predicted molar refractivity (Wildman–Crippen MR) is 121 cm³/mol. The molecule has 0 spiro atoms. The van der Waals surface area contributed by atoms with E-state index in [4.69, 9.17) is 16.7 Å². The minimum atomic E-state index is -3.26. The first-order chi connectivity index (χ1) is 14.8. The molecule has 2 heterocycles. The Morgan fingerprint density at radius 3 is 2.26 bits per heavy atom. The maximum Gasteiger partial charge on any atom is 0.257 e. The zero-order valence-corrected chi connectivity index (χ0v) is 18.7. The Morgan fingerprint density at radius 2 is 1.65 bits per heavy atom. The van der Waals surface area contributed by atoms with Gasteiger partial charge in [0.15, 0.2) is 0 Å². The monoisotopic (exact) mass is 458 g/mol. The molecule has 0 saturated carbocycles.